The Morgan fingerprint density at radius 2 is 2.05 bits per heavy atom. The van der Waals surface area contributed by atoms with E-state index in [1.54, 1.807) is 18.2 Å². The van der Waals surface area contributed by atoms with Gasteiger partial charge in [0.25, 0.3) is 0 Å². The highest BCUT2D eigenvalue weighted by Crippen LogP contribution is 2.24. The van der Waals surface area contributed by atoms with Crippen molar-refractivity contribution in [3.8, 4) is 0 Å². The standard InChI is InChI=1S/C13H13Cl2N3OS/c1-7(2)12-17-18-13(20-12)16-11(19)6-8-3-4-9(14)10(15)5-8/h3-5,7H,6H2,1-2H3,(H,16,18,19). The van der Waals surface area contributed by atoms with E-state index < -0.39 is 0 Å². The number of aromatic nitrogens is 2. The van der Waals surface area contributed by atoms with Crippen LogP contribution in [0.4, 0.5) is 5.13 Å². The first-order chi connectivity index (χ1) is 9.45. The number of hydrogen-bond acceptors (Lipinski definition) is 4. The summed E-state index contributed by atoms with van der Waals surface area (Å²) >= 11 is 13.1. The van der Waals surface area contributed by atoms with Crippen molar-refractivity contribution in [1.82, 2.24) is 10.2 Å². The summed E-state index contributed by atoms with van der Waals surface area (Å²) in [5, 5.41) is 13.0. The Balaban J connectivity index is 1.99. The van der Waals surface area contributed by atoms with Crippen LogP contribution < -0.4 is 5.32 Å². The molecule has 0 unspecified atom stereocenters. The SMILES string of the molecule is CC(C)c1nnc(NC(=O)Cc2ccc(Cl)c(Cl)c2)s1. The fraction of sp³-hybridized carbons (Fsp3) is 0.308. The molecule has 4 nitrogen and oxygen atoms in total. The predicted molar refractivity (Wildman–Crippen MR) is 82.8 cm³/mol. The summed E-state index contributed by atoms with van der Waals surface area (Å²) in [5.74, 6) is 0.142. The molecule has 0 saturated carbocycles. The van der Waals surface area contributed by atoms with E-state index in [1.165, 1.54) is 11.3 Å². The van der Waals surface area contributed by atoms with Crippen LogP contribution in [0.5, 0.6) is 0 Å². The third kappa shape index (κ3) is 3.91. The van der Waals surface area contributed by atoms with Crippen LogP contribution in [0.25, 0.3) is 0 Å². The predicted octanol–water partition coefficient (Wildman–Crippen LogP) is 4.15. The monoisotopic (exact) mass is 329 g/mol. The molecular formula is C13H13Cl2N3OS. The van der Waals surface area contributed by atoms with E-state index in [9.17, 15) is 4.79 Å². The molecule has 2 rings (SSSR count). The summed E-state index contributed by atoms with van der Waals surface area (Å²) in [6.07, 6.45) is 0.216. The molecule has 0 atom stereocenters. The Labute approximate surface area is 131 Å². The lowest BCUT2D eigenvalue weighted by Crippen LogP contribution is -2.14. The quantitative estimate of drug-likeness (QED) is 0.916. The van der Waals surface area contributed by atoms with Crippen LogP contribution in [0, 0.1) is 0 Å². The van der Waals surface area contributed by atoms with Gasteiger partial charge in [-0.05, 0) is 17.7 Å². The molecule has 0 radical (unpaired) electrons. The van der Waals surface area contributed by atoms with Crippen LogP contribution in [0.1, 0.15) is 30.3 Å². The van der Waals surface area contributed by atoms with Gasteiger partial charge >= 0.3 is 0 Å². The van der Waals surface area contributed by atoms with Gasteiger partial charge in [-0.1, -0.05) is 54.5 Å². The van der Waals surface area contributed by atoms with Crippen molar-refractivity contribution in [2.75, 3.05) is 5.32 Å². The summed E-state index contributed by atoms with van der Waals surface area (Å²) in [6, 6.07) is 5.13. The zero-order valence-corrected chi connectivity index (χ0v) is 13.3. The Bertz CT molecular complexity index is 628. The van der Waals surface area contributed by atoms with Gasteiger partial charge < -0.3 is 5.32 Å². The van der Waals surface area contributed by atoms with Crippen molar-refractivity contribution < 1.29 is 4.79 Å². The first-order valence-electron chi connectivity index (χ1n) is 6.03. The van der Waals surface area contributed by atoms with Crippen LogP contribution in [-0.2, 0) is 11.2 Å². The molecule has 7 heteroatoms. The third-order valence-electron chi connectivity index (χ3n) is 2.53. The average molecular weight is 330 g/mol. The van der Waals surface area contributed by atoms with Crippen LogP contribution in [0.2, 0.25) is 10.0 Å². The Morgan fingerprint density at radius 3 is 2.65 bits per heavy atom. The molecule has 1 N–H and O–H groups in total. The lowest BCUT2D eigenvalue weighted by Gasteiger charge is -2.03. The average Bonchev–Trinajstić information content (AvgIpc) is 2.82. The highest BCUT2D eigenvalue weighted by Gasteiger charge is 2.11. The first kappa shape index (κ1) is 15.2. The van der Waals surface area contributed by atoms with E-state index in [2.05, 4.69) is 15.5 Å². The van der Waals surface area contributed by atoms with Crippen molar-refractivity contribution in [2.45, 2.75) is 26.2 Å². The minimum absolute atomic E-state index is 0.158. The number of amides is 1. The molecule has 1 amide bonds. The molecule has 106 valence electrons. The molecule has 0 aliphatic heterocycles. The number of anilines is 1. The molecule has 1 heterocycles. The van der Waals surface area contributed by atoms with Crippen LogP contribution in [0.15, 0.2) is 18.2 Å². The van der Waals surface area contributed by atoms with Crippen LogP contribution in [0.3, 0.4) is 0 Å². The van der Waals surface area contributed by atoms with Gasteiger partial charge in [-0.25, -0.2) is 0 Å². The Morgan fingerprint density at radius 1 is 1.30 bits per heavy atom. The largest absolute Gasteiger partial charge is 0.300 e. The highest BCUT2D eigenvalue weighted by atomic mass is 35.5. The van der Waals surface area contributed by atoms with Gasteiger partial charge in [0.1, 0.15) is 5.01 Å². The Hall–Kier alpha value is -1.17. The number of carbonyl (C=O) groups is 1. The van der Waals surface area contributed by atoms with Crippen molar-refractivity contribution in [3.05, 3.63) is 38.8 Å². The van der Waals surface area contributed by atoms with E-state index in [0.717, 1.165) is 10.6 Å². The van der Waals surface area contributed by atoms with Crippen molar-refractivity contribution >= 4 is 45.6 Å². The van der Waals surface area contributed by atoms with E-state index in [4.69, 9.17) is 23.2 Å². The normalized spacial score (nSPS) is 10.8. The van der Waals surface area contributed by atoms with E-state index in [1.807, 2.05) is 13.8 Å². The number of carbonyl (C=O) groups excluding carboxylic acids is 1. The highest BCUT2D eigenvalue weighted by molar-refractivity contribution is 7.15. The summed E-state index contributed by atoms with van der Waals surface area (Å²) in [5.41, 5.74) is 0.797. The fourth-order valence-corrected chi connectivity index (χ4v) is 2.60. The molecule has 20 heavy (non-hydrogen) atoms. The lowest BCUT2D eigenvalue weighted by molar-refractivity contribution is -0.115. The number of nitrogens with one attached hydrogen (secondary N) is 1. The number of benzene rings is 1. The van der Waals surface area contributed by atoms with Gasteiger partial charge in [-0.15, -0.1) is 10.2 Å². The van der Waals surface area contributed by atoms with Crippen LogP contribution in [-0.4, -0.2) is 16.1 Å². The smallest absolute Gasteiger partial charge is 0.230 e. The molecule has 0 aliphatic carbocycles. The van der Waals surface area contributed by atoms with Gasteiger partial charge in [-0.2, -0.15) is 0 Å². The molecule has 0 fully saturated rings. The number of nitrogens with zero attached hydrogens (tertiary/aromatic N) is 2. The lowest BCUT2D eigenvalue weighted by atomic mass is 10.1. The van der Waals surface area contributed by atoms with Crippen LogP contribution >= 0.6 is 34.5 Å². The van der Waals surface area contributed by atoms with E-state index in [-0.39, 0.29) is 12.3 Å². The maximum absolute atomic E-state index is 11.9. The summed E-state index contributed by atoms with van der Waals surface area (Å²) in [4.78, 5) is 11.9. The zero-order valence-electron chi connectivity index (χ0n) is 11.0. The second-order valence-corrected chi connectivity index (χ2v) is 6.40. The number of rotatable bonds is 4. The third-order valence-corrected chi connectivity index (χ3v) is 4.41. The number of hydrogen-bond donors (Lipinski definition) is 1. The van der Waals surface area contributed by atoms with Gasteiger partial charge in [-0.3, -0.25) is 4.79 Å². The van der Waals surface area contributed by atoms with Gasteiger partial charge in [0.15, 0.2) is 0 Å². The maximum atomic E-state index is 11.9. The second kappa shape index (κ2) is 6.52. The fourth-order valence-electron chi connectivity index (χ4n) is 1.52. The van der Waals surface area contributed by atoms with Crippen molar-refractivity contribution in [3.63, 3.8) is 0 Å². The summed E-state index contributed by atoms with van der Waals surface area (Å²) in [7, 11) is 0. The van der Waals surface area contributed by atoms with Gasteiger partial charge in [0, 0.05) is 5.92 Å². The topological polar surface area (TPSA) is 54.9 Å². The van der Waals surface area contributed by atoms with Gasteiger partial charge in [0.2, 0.25) is 11.0 Å². The molecule has 0 saturated heterocycles. The van der Waals surface area contributed by atoms with E-state index in [0.29, 0.717) is 21.1 Å². The van der Waals surface area contributed by atoms with Gasteiger partial charge in [0.05, 0.1) is 16.5 Å². The second-order valence-electron chi connectivity index (χ2n) is 4.57. The minimum atomic E-state index is -0.158. The summed E-state index contributed by atoms with van der Waals surface area (Å²) < 4.78 is 0. The molecular weight excluding hydrogens is 317 g/mol. The molecule has 1 aromatic heterocycles. The minimum Gasteiger partial charge on any atom is -0.300 e. The van der Waals surface area contributed by atoms with E-state index >= 15 is 0 Å². The van der Waals surface area contributed by atoms with Crippen molar-refractivity contribution in [1.29, 1.82) is 0 Å². The first-order valence-corrected chi connectivity index (χ1v) is 7.60. The van der Waals surface area contributed by atoms with Crippen molar-refractivity contribution in [2.24, 2.45) is 0 Å². The summed E-state index contributed by atoms with van der Waals surface area (Å²) in [6.45, 7) is 4.06. The molecule has 0 aliphatic rings. The molecule has 0 spiro atoms. The molecule has 2 aromatic rings. The maximum Gasteiger partial charge on any atom is 0.230 e. The Kier molecular flexibility index (Phi) is 4.96. The molecule has 1 aromatic carbocycles. The zero-order chi connectivity index (χ0) is 14.7. The number of halogens is 2. The molecule has 0 bridgehead atoms.